The summed E-state index contributed by atoms with van der Waals surface area (Å²) in [6.07, 6.45) is -6.30. The Morgan fingerprint density at radius 2 is 2.09 bits per heavy atom. The molecular weight excluding hydrogens is 312 g/mol. The summed E-state index contributed by atoms with van der Waals surface area (Å²) in [5.41, 5.74) is 0. The Morgan fingerprint density at radius 3 is 2.73 bits per heavy atom. The lowest BCUT2D eigenvalue weighted by Gasteiger charge is -2.27. The molecule has 3 fully saturated rings. The number of aliphatic hydroxyl groups is 1. The molecule has 124 valence electrons. The van der Waals surface area contributed by atoms with Gasteiger partial charge in [-0.05, 0) is 6.42 Å². The maximum Gasteiger partial charge on any atom is 0.310 e. The fourth-order valence-electron chi connectivity index (χ4n) is 3.83. The molecule has 0 amide bonds. The molecule has 0 radical (unpaired) electrons. The van der Waals surface area contributed by atoms with E-state index in [4.69, 9.17) is 4.74 Å². The van der Waals surface area contributed by atoms with Gasteiger partial charge in [0.1, 0.15) is 6.10 Å². The maximum absolute atomic E-state index is 12.7. The first-order valence-corrected chi connectivity index (χ1v) is 6.95. The second-order valence-electron chi connectivity index (χ2n) is 5.99. The molecule has 0 aromatic heterocycles. The minimum atomic E-state index is -4.23. The Labute approximate surface area is 122 Å². The summed E-state index contributed by atoms with van der Waals surface area (Å²) < 4.78 is 59.1. The zero-order chi connectivity index (χ0) is 16.2. The second kappa shape index (κ2) is 5.07. The van der Waals surface area contributed by atoms with E-state index in [0.717, 1.165) is 0 Å². The molecule has 0 aromatic carbocycles. The Bertz CT molecular complexity index is 497. The molecule has 2 bridgehead atoms. The largest absolute Gasteiger partial charge is 0.465 e. The number of alkyl halides is 4. The Kier molecular flexibility index (Phi) is 3.58. The minimum absolute atomic E-state index is 0.271. The zero-order valence-electron chi connectivity index (χ0n) is 11.3. The molecule has 1 N–H and O–H groups in total. The molecule has 0 aromatic rings. The molecule has 1 aliphatic heterocycles. The third-order valence-electron chi connectivity index (χ3n) is 4.85. The topological polar surface area (TPSA) is 72.8 Å². The van der Waals surface area contributed by atoms with Crippen LogP contribution in [0.5, 0.6) is 0 Å². The van der Waals surface area contributed by atoms with E-state index >= 15 is 0 Å². The number of hydrogen-bond acceptors (Lipinski definition) is 5. The van der Waals surface area contributed by atoms with Crippen LogP contribution in [-0.2, 0) is 19.1 Å². The summed E-state index contributed by atoms with van der Waals surface area (Å²) >= 11 is 0. The number of halogens is 4. The van der Waals surface area contributed by atoms with E-state index in [-0.39, 0.29) is 5.92 Å². The summed E-state index contributed by atoms with van der Waals surface area (Å²) in [4.78, 5) is 23.7. The molecule has 6 unspecified atom stereocenters. The van der Waals surface area contributed by atoms with Gasteiger partial charge in [0.25, 0.3) is 0 Å². The minimum Gasteiger partial charge on any atom is -0.465 e. The van der Waals surface area contributed by atoms with Gasteiger partial charge < -0.3 is 14.6 Å². The Morgan fingerprint density at radius 1 is 1.41 bits per heavy atom. The van der Waals surface area contributed by atoms with Crippen LogP contribution in [0.3, 0.4) is 0 Å². The van der Waals surface area contributed by atoms with Crippen molar-refractivity contribution < 1.29 is 41.7 Å². The molecule has 2 aliphatic carbocycles. The molecule has 6 atom stereocenters. The van der Waals surface area contributed by atoms with Gasteiger partial charge in [0.2, 0.25) is 0 Å². The summed E-state index contributed by atoms with van der Waals surface area (Å²) in [6.45, 7) is -0.870. The number of ether oxygens (including phenoxy) is 2. The first kappa shape index (κ1) is 15.5. The van der Waals surface area contributed by atoms with Crippen LogP contribution in [0.1, 0.15) is 12.8 Å². The van der Waals surface area contributed by atoms with Crippen molar-refractivity contribution in [1.29, 1.82) is 0 Å². The Balaban J connectivity index is 1.61. The standard InChI is InChI=1S/C13H14F4O5/c14-12(15)13(16,17)1-2-21-10(19)6-4-3-5-7(6)11(20)22-9(5)8(4)18/h4-9,12,18H,1-3H2. The summed E-state index contributed by atoms with van der Waals surface area (Å²) in [6, 6.07) is 0. The molecule has 5 nitrogen and oxygen atoms in total. The van der Waals surface area contributed by atoms with Crippen LogP contribution in [0.25, 0.3) is 0 Å². The second-order valence-corrected chi connectivity index (χ2v) is 5.99. The average Bonchev–Trinajstić information content (AvgIpc) is 3.02. The SMILES string of the molecule is O=C(OCCC(F)(F)C(F)F)C1C2CC3C(OC(=O)C31)C2O. The van der Waals surface area contributed by atoms with Gasteiger partial charge in [-0.2, -0.15) is 0 Å². The van der Waals surface area contributed by atoms with Gasteiger partial charge in [0.15, 0.2) is 0 Å². The van der Waals surface area contributed by atoms with E-state index in [2.05, 4.69) is 4.74 Å². The molecule has 22 heavy (non-hydrogen) atoms. The lowest BCUT2D eigenvalue weighted by molar-refractivity contribution is -0.165. The third kappa shape index (κ3) is 2.17. The summed E-state index contributed by atoms with van der Waals surface area (Å²) in [5.74, 6) is -8.23. The number of fused-ring (bicyclic) bond motifs is 1. The van der Waals surface area contributed by atoms with Crippen LogP contribution in [-0.4, -0.2) is 48.2 Å². The molecule has 3 aliphatic rings. The number of hydrogen-bond donors (Lipinski definition) is 1. The molecule has 1 heterocycles. The predicted octanol–water partition coefficient (Wildman–Crippen LogP) is 0.988. The summed E-state index contributed by atoms with van der Waals surface area (Å²) in [5, 5.41) is 9.97. The van der Waals surface area contributed by atoms with E-state index < -0.39 is 67.3 Å². The highest BCUT2D eigenvalue weighted by molar-refractivity contribution is 5.86. The first-order chi connectivity index (χ1) is 10.2. The van der Waals surface area contributed by atoms with Gasteiger partial charge in [0.05, 0.1) is 31.0 Å². The van der Waals surface area contributed by atoms with Gasteiger partial charge in [0, 0.05) is 11.8 Å². The number of esters is 2. The van der Waals surface area contributed by atoms with Gasteiger partial charge in [-0.1, -0.05) is 0 Å². The molecule has 0 spiro atoms. The van der Waals surface area contributed by atoms with Crippen molar-refractivity contribution in [3.05, 3.63) is 0 Å². The number of carbonyl (C=O) groups is 2. The zero-order valence-corrected chi connectivity index (χ0v) is 11.3. The number of carbonyl (C=O) groups excluding carboxylic acids is 2. The number of rotatable bonds is 5. The van der Waals surface area contributed by atoms with E-state index in [0.29, 0.717) is 6.42 Å². The highest BCUT2D eigenvalue weighted by atomic mass is 19.3. The van der Waals surface area contributed by atoms with Crippen LogP contribution in [0.15, 0.2) is 0 Å². The molecule has 3 rings (SSSR count). The van der Waals surface area contributed by atoms with Gasteiger partial charge >= 0.3 is 24.3 Å². The average molecular weight is 326 g/mol. The summed E-state index contributed by atoms with van der Waals surface area (Å²) in [7, 11) is 0. The lowest BCUT2D eigenvalue weighted by Crippen LogP contribution is -2.41. The maximum atomic E-state index is 12.7. The predicted molar refractivity (Wildman–Crippen MR) is 61.0 cm³/mol. The van der Waals surface area contributed by atoms with Crippen LogP contribution in [0.4, 0.5) is 17.6 Å². The van der Waals surface area contributed by atoms with E-state index in [1.165, 1.54) is 0 Å². The van der Waals surface area contributed by atoms with Gasteiger partial charge in [-0.15, -0.1) is 0 Å². The smallest absolute Gasteiger partial charge is 0.310 e. The van der Waals surface area contributed by atoms with Crippen LogP contribution < -0.4 is 0 Å². The van der Waals surface area contributed by atoms with Gasteiger partial charge in [-0.25, -0.2) is 17.6 Å². The van der Waals surface area contributed by atoms with Crippen molar-refractivity contribution in [2.24, 2.45) is 23.7 Å². The van der Waals surface area contributed by atoms with Crippen LogP contribution in [0, 0.1) is 23.7 Å². The fourth-order valence-corrected chi connectivity index (χ4v) is 3.83. The normalized spacial score (nSPS) is 39.5. The lowest BCUT2D eigenvalue weighted by atomic mass is 9.78. The molecule has 2 saturated carbocycles. The third-order valence-corrected chi connectivity index (χ3v) is 4.85. The van der Waals surface area contributed by atoms with Crippen LogP contribution >= 0.6 is 0 Å². The molecule has 9 heteroatoms. The van der Waals surface area contributed by atoms with Crippen molar-refractivity contribution in [3.63, 3.8) is 0 Å². The first-order valence-electron chi connectivity index (χ1n) is 6.95. The molecule has 1 saturated heterocycles. The van der Waals surface area contributed by atoms with Crippen molar-refractivity contribution in [2.75, 3.05) is 6.61 Å². The quantitative estimate of drug-likeness (QED) is 0.602. The van der Waals surface area contributed by atoms with Crippen molar-refractivity contribution in [2.45, 2.75) is 37.4 Å². The van der Waals surface area contributed by atoms with Crippen molar-refractivity contribution in [1.82, 2.24) is 0 Å². The number of aliphatic hydroxyl groups excluding tert-OH is 1. The van der Waals surface area contributed by atoms with Crippen LogP contribution in [0.2, 0.25) is 0 Å². The highest BCUT2D eigenvalue weighted by Crippen LogP contribution is 2.58. The van der Waals surface area contributed by atoms with E-state index in [1.54, 1.807) is 0 Å². The van der Waals surface area contributed by atoms with E-state index in [1.807, 2.05) is 0 Å². The fraction of sp³-hybridized carbons (Fsp3) is 0.846. The van der Waals surface area contributed by atoms with Crippen molar-refractivity contribution in [3.8, 4) is 0 Å². The Hall–Kier alpha value is -1.38. The highest BCUT2D eigenvalue weighted by Gasteiger charge is 2.68. The van der Waals surface area contributed by atoms with E-state index in [9.17, 15) is 32.3 Å². The monoisotopic (exact) mass is 326 g/mol. The van der Waals surface area contributed by atoms with Crippen molar-refractivity contribution >= 4 is 11.9 Å². The molecular formula is C13H14F4O5. The van der Waals surface area contributed by atoms with Gasteiger partial charge in [-0.3, -0.25) is 9.59 Å².